The van der Waals surface area contributed by atoms with E-state index in [1.54, 1.807) is 26.0 Å². The first kappa shape index (κ1) is 26.2. The van der Waals surface area contributed by atoms with Crippen LogP contribution >= 0.6 is 11.6 Å². The zero-order valence-electron chi connectivity index (χ0n) is 20.0. The Morgan fingerprint density at radius 2 is 1.94 bits per heavy atom. The smallest absolute Gasteiger partial charge is 0.352 e. The molecule has 2 heterocycles. The lowest BCUT2D eigenvalue weighted by molar-refractivity contribution is -0.163. The number of amides is 1. The number of β-lactam (4-membered cyclic amide) rings is 1. The first-order valence-electron chi connectivity index (χ1n) is 11.6. The summed E-state index contributed by atoms with van der Waals surface area (Å²) in [7, 11) is 1.87. The summed E-state index contributed by atoms with van der Waals surface area (Å²) in [5, 5.41) is 29.9. The number of carbonyl (C=O) groups is 3. The molecule has 8 nitrogen and oxygen atoms in total. The number of fused-ring (bicyclic) bond motifs is 1. The standard InChI is InChI=1S/C25H33ClN2O6/c1-13-18(23(25(33)34)28-22(13)20(15(3)29)24(28)32)12-27(4)11-5-6-17(30)9-7-16-8-10-19(31)14(2)21(16)26/h8,10,13,15,20,22,29,31H,5-7,9,11-12H2,1-4H3,(H,33,34)/t13-,15+,20+,22+/m0/s1. The van der Waals surface area contributed by atoms with E-state index < -0.39 is 18.0 Å². The SMILES string of the molecule is Cc1c(O)ccc(CCC(=O)CCCN(C)CC2=C(C(=O)O)N3C(=O)[C@H]([C@@H](C)O)[C@H]3[C@H]2C)c1Cl. The van der Waals surface area contributed by atoms with Gasteiger partial charge in [0.1, 0.15) is 17.2 Å². The average molecular weight is 493 g/mol. The van der Waals surface area contributed by atoms with Crippen molar-refractivity contribution < 1.29 is 29.7 Å². The van der Waals surface area contributed by atoms with Gasteiger partial charge < -0.3 is 25.1 Å². The van der Waals surface area contributed by atoms with Gasteiger partial charge in [-0.2, -0.15) is 0 Å². The van der Waals surface area contributed by atoms with E-state index in [0.29, 0.717) is 54.9 Å². The molecule has 1 aromatic rings. The van der Waals surface area contributed by atoms with Gasteiger partial charge in [-0.25, -0.2) is 4.79 Å². The maximum atomic E-state index is 12.4. The molecule has 0 radical (unpaired) electrons. The number of aliphatic hydroxyl groups excluding tert-OH is 1. The van der Waals surface area contributed by atoms with Crippen molar-refractivity contribution in [3.63, 3.8) is 0 Å². The molecule has 4 atom stereocenters. The fourth-order valence-corrected chi connectivity index (χ4v) is 5.35. The first-order chi connectivity index (χ1) is 16.0. The molecule has 0 bridgehead atoms. The minimum Gasteiger partial charge on any atom is -0.508 e. The second kappa shape index (κ2) is 10.5. The molecule has 186 valence electrons. The number of Topliss-reactive ketones (excluding diaryl/α,β-unsaturated/α-hetero) is 1. The van der Waals surface area contributed by atoms with E-state index in [0.717, 1.165) is 5.56 Å². The van der Waals surface area contributed by atoms with E-state index in [9.17, 15) is 29.7 Å². The Balaban J connectivity index is 1.51. The van der Waals surface area contributed by atoms with Crippen LogP contribution in [0.3, 0.4) is 0 Å². The quantitative estimate of drug-likeness (QED) is 0.406. The monoisotopic (exact) mass is 492 g/mol. The van der Waals surface area contributed by atoms with Crippen LogP contribution in [0.4, 0.5) is 0 Å². The van der Waals surface area contributed by atoms with Gasteiger partial charge in [0.15, 0.2) is 0 Å². The number of benzene rings is 1. The van der Waals surface area contributed by atoms with Crippen molar-refractivity contribution in [1.29, 1.82) is 0 Å². The summed E-state index contributed by atoms with van der Waals surface area (Å²) >= 11 is 6.25. The molecule has 3 rings (SSSR count). The van der Waals surface area contributed by atoms with Gasteiger partial charge in [0.2, 0.25) is 5.91 Å². The summed E-state index contributed by atoms with van der Waals surface area (Å²) in [4.78, 5) is 40.0. The van der Waals surface area contributed by atoms with Crippen LogP contribution in [-0.2, 0) is 20.8 Å². The van der Waals surface area contributed by atoms with E-state index in [2.05, 4.69) is 0 Å². The van der Waals surface area contributed by atoms with Crippen molar-refractivity contribution in [2.75, 3.05) is 20.1 Å². The van der Waals surface area contributed by atoms with Crippen LogP contribution in [0.1, 0.15) is 44.2 Å². The number of likely N-dealkylation sites (N-methyl/N-ethyl adjacent to an activating group) is 1. The van der Waals surface area contributed by atoms with Crippen LogP contribution in [0.2, 0.25) is 5.02 Å². The Kier molecular flexibility index (Phi) is 8.06. The summed E-state index contributed by atoms with van der Waals surface area (Å²) in [6.07, 6.45) is 1.07. The Labute approximate surface area is 204 Å². The van der Waals surface area contributed by atoms with Crippen molar-refractivity contribution in [1.82, 2.24) is 9.80 Å². The fraction of sp³-hybridized carbons (Fsp3) is 0.560. The highest BCUT2D eigenvalue weighted by molar-refractivity contribution is 6.32. The number of halogens is 1. The predicted molar refractivity (Wildman–Crippen MR) is 128 cm³/mol. The molecule has 1 saturated heterocycles. The third-order valence-corrected chi connectivity index (χ3v) is 7.59. The highest BCUT2D eigenvalue weighted by atomic mass is 35.5. The number of nitrogens with zero attached hydrogens (tertiary/aromatic N) is 2. The summed E-state index contributed by atoms with van der Waals surface area (Å²) in [6.45, 7) is 6.18. The topological polar surface area (TPSA) is 118 Å². The van der Waals surface area contributed by atoms with E-state index >= 15 is 0 Å². The zero-order valence-corrected chi connectivity index (χ0v) is 20.8. The summed E-state index contributed by atoms with van der Waals surface area (Å²) < 4.78 is 0. The molecule has 0 unspecified atom stereocenters. The van der Waals surface area contributed by atoms with Gasteiger partial charge in [0, 0.05) is 30.9 Å². The largest absolute Gasteiger partial charge is 0.508 e. The Morgan fingerprint density at radius 1 is 1.26 bits per heavy atom. The molecule has 1 amide bonds. The lowest BCUT2D eigenvalue weighted by Gasteiger charge is -2.46. The zero-order chi connectivity index (χ0) is 25.3. The third-order valence-electron chi connectivity index (χ3n) is 7.06. The number of aliphatic hydroxyl groups is 1. The highest BCUT2D eigenvalue weighted by Crippen LogP contribution is 2.47. The fourth-order valence-electron chi connectivity index (χ4n) is 5.09. The van der Waals surface area contributed by atoms with Gasteiger partial charge in [-0.05, 0) is 57.5 Å². The van der Waals surface area contributed by atoms with Crippen LogP contribution < -0.4 is 0 Å². The van der Waals surface area contributed by atoms with Crippen LogP contribution in [0, 0.1) is 18.8 Å². The highest BCUT2D eigenvalue weighted by Gasteiger charge is 2.59. The molecule has 0 aliphatic carbocycles. The van der Waals surface area contributed by atoms with Crippen molar-refractivity contribution in [2.45, 2.75) is 58.6 Å². The summed E-state index contributed by atoms with van der Waals surface area (Å²) in [5.41, 5.74) is 2.15. The van der Waals surface area contributed by atoms with Crippen LogP contribution in [0.25, 0.3) is 0 Å². The maximum absolute atomic E-state index is 12.4. The number of ketones is 1. The second-order valence-corrected chi connectivity index (χ2v) is 9.87. The molecule has 2 aliphatic heterocycles. The second-order valence-electron chi connectivity index (χ2n) is 9.50. The minimum absolute atomic E-state index is 0.0309. The number of hydrogen-bond donors (Lipinski definition) is 3. The number of carbonyl (C=O) groups excluding carboxylic acids is 2. The molecule has 2 aliphatic rings. The maximum Gasteiger partial charge on any atom is 0.352 e. The van der Waals surface area contributed by atoms with Gasteiger partial charge in [-0.1, -0.05) is 24.6 Å². The molecule has 0 saturated carbocycles. The van der Waals surface area contributed by atoms with Gasteiger partial charge in [-0.3, -0.25) is 9.59 Å². The van der Waals surface area contributed by atoms with Crippen LogP contribution in [0.5, 0.6) is 5.75 Å². The Hall–Kier alpha value is -2.42. The number of rotatable bonds is 11. The lowest BCUT2D eigenvalue weighted by atomic mass is 9.77. The number of phenols is 1. The molecular weight excluding hydrogens is 460 g/mol. The molecule has 3 N–H and O–H groups in total. The predicted octanol–water partition coefficient (Wildman–Crippen LogP) is 2.76. The number of aromatic hydroxyl groups is 1. The third kappa shape index (κ3) is 4.99. The Morgan fingerprint density at radius 3 is 2.56 bits per heavy atom. The number of carboxylic acids is 1. The molecule has 0 aromatic heterocycles. The van der Waals surface area contributed by atoms with E-state index in [1.165, 1.54) is 4.90 Å². The summed E-state index contributed by atoms with van der Waals surface area (Å²) in [5.74, 6) is -1.95. The summed E-state index contributed by atoms with van der Waals surface area (Å²) in [6, 6.07) is 3.00. The van der Waals surface area contributed by atoms with Gasteiger partial charge >= 0.3 is 5.97 Å². The number of aliphatic carboxylic acids is 1. The van der Waals surface area contributed by atoms with Crippen LogP contribution in [-0.4, -0.2) is 75.1 Å². The van der Waals surface area contributed by atoms with Crippen molar-refractivity contribution in [3.8, 4) is 5.75 Å². The molecule has 34 heavy (non-hydrogen) atoms. The minimum atomic E-state index is -1.13. The first-order valence-corrected chi connectivity index (χ1v) is 12.0. The average Bonchev–Trinajstić information content (AvgIpc) is 2.99. The number of hydrogen-bond acceptors (Lipinski definition) is 6. The number of phenolic OH excluding ortho intramolecular Hbond substituents is 1. The van der Waals surface area contributed by atoms with Gasteiger partial charge in [0.25, 0.3) is 0 Å². The van der Waals surface area contributed by atoms with Gasteiger partial charge in [-0.15, -0.1) is 0 Å². The molecule has 1 aromatic carbocycles. The molecule has 0 spiro atoms. The number of aryl methyl sites for hydroxylation is 1. The van der Waals surface area contributed by atoms with Gasteiger partial charge in [0.05, 0.1) is 23.1 Å². The normalized spacial score (nSPS) is 22.7. The van der Waals surface area contributed by atoms with Crippen molar-refractivity contribution >= 4 is 29.3 Å². The molecule has 9 heteroatoms. The number of carboxylic acid groups (broad SMARTS) is 1. The molecular formula is C25H33ClN2O6. The van der Waals surface area contributed by atoms with Crippen LogP contribution in [0.15, 0.2) is 23.4 Å². The molecule has 1 fully saturated rings. The van der Waals surface area contributed by atoms with Crippen molar-refractivity contribution in [2.24, 2.45) is 11.8 Å². The Bertz CT molecular complexity index is 1020. The lowest BCUT2D eigenvalue weighted by Crippen LogP contribution is -2.63. The van der Waals surface area contributed by atoms with E-state index in [1.807, 2.05) is 18.9 Å². The van der Waals surface area contributed by atoms with Crippen molar-refractivity contribution in [3.05, 3.63) is 39.6 Å². The van der Waals surface area contributed by atoms with E-state index in [4.69, 9.17) is 11.6 Å². The van der Waals surface area contributed by atoms with E-state index in [-0.39, 0.29) is 35.1 Å².